The second-order valence-corrected chi connectivity index (χ2v) is 4.13. The molecule has 2 nitrogen and oxygen atoms in total. The fourth-order valence-electron chi connectivity index (χ4n) is 0.714. The largest absolute Gasteiger partial charge is 0.362 e. The lowest BCUT2D eigenvalue weighted by atomic mass is 10.1. The molecule has 4 heteroatoms. The van der Waals surface area contributed by atoms with Crippen molar-refractivity contribution in [2.75, 3.05) is 0 Å². The fourth-order valence-corrected chi connectivity index (χ4v) is 1.17. The number of rotatable bonds is 2. The third-order valence-corrected chi connectivity index (χ3v) is 2.15. The van der Waals surface area contributed by atoms with Gasteiger partial charge in [0, 0.05) is 16.4 Å². The molecule has 1 aromatic heterocycles. The van der Waals surface area contributed by atoms with E-state index in [4.69, 9.17) is 11.6 Å². The fraction of sp³-hybridized carbons (Fsp3) is 0.286. The van der Waals surface area contributed by atoms with Gasteiger partial charge in [-0.1, -0.05) is 0 Å². The van der Waals surface area contributed by atoms with E-state index in [-0.39, 0.29) is 0 Å². The SMILES string of the molecule is CC(Cl)(C=O)c1cc(Br)c[nH]1. The van der Waals surface area contributed by atoms with Crippen LogP contribution in [-0.4, -0.2) is 11.3 Å². The van der Waals surface area contributed by atoms with Crippen LogP contribution in [-0.2, 0) is 9.67 Å². The first kappa shape index (κ1) is 8.81. The van der Waals surface area contributed by atoms with Gasteiger partial charge in [-0.25, -0.2) is 0 Å². The molecule has 0 bridgehead atoms. The first-order valence-corrected chi connectivity index (χ1v) is 4.23. The number of aldehydes is 1. The quantitative estimate of drug-likeness (QED) is 0.621. The Morgan fingerprint density at radius 3 is 2.82 bits per heavy atom. The lowest BCUT2D eigenvalue weighted by Crippen LogP contribution is -2.15. The lowest BCUT2D eigenvalue weighted by Gasteiger charge is -2.10. The van der Waals surface area contributed by atoms with Gasteiger partial charge in [-0.15, -0.1) is 11.6 Å². The highest BCUT2D eigenvalue weighted by atomic mass is 79.9. The molecule has 0 saturated heterocycles. The van der Waals surface area contributed by atoms with Crippen molar-refractivity contribution in [3.63, 3.8) is 0 Å². The maximum atomic E-state index is 10.5. The first-order chi connectivity index (χ1) is 5.06. The Morgan fingerprint density at radius 1 is 1.82 bits per heavy atom. The Bertz CT molecular complexity index is 269. The maximum Gasteiger partial charge on any atom is 0.146 e. The summed E-state index contributed by atoms with van der Waals surface area (Å²) in [6.45, 7) is 1.64. The van der Waals surface area contributed by atoms with Crippen LogP contribution in [0.25, 0.3) is 0 Å². The molecule has 1 unspecified atom stereocenters. The summed E-state index contributed by atoms with van der Waals surface area (Å²) in [5, 5.41) is 0. The van der Waals surface area contributed by atoms with E-state index in [1.165, 1.54) is 0 Å². The second-order valence-electron chi connectivity index (χ2n) is 2.43. The molecule has 1 atom stereocenters. The minimum atomic E-state index is -0.938. The van der Waals surface area contributed by atoms with Gasteiger partial charge in [-0.3, -0.25) is 0 Å². The van der Waals surface area contributed by atoms with Crippen LogP contribution in [0.1, 0.15) is 12.6 Å². The van der Waals surface area contributed by atoms with Crippen LogP contribution in [0.3, 0.4) is 0 Å². The molecule has 0 amide bonds. The van der Waals surface area contributed by atoms with Crippen molar-refractivity contribution < 1.29 is 4.79 Å². The second kappa shape index (κ2) is 2.99. The van der Waals surface area contributed by atoms with Crippen LogP contribution >= 0.6 is 27.5 Å². The molecule has 0 aromatic carbocycles. The minimum Gasteiger partial charge on any atom is -0.362 e. The van der Waals surface area contributed by atoms with E-state index >= 15 is 0 Å². The van der Waals surface area contributed by atoms with Gasteiger partial charge in [-0.05, 0) is 28.9 Å². The summed E-state index contributed by atoms with van der Waals surface area (Å²) in [6, 6.07) is 1.78. The zero-order chi connectivity index (χ0) is 8.48. The Labute approximate surface area is 78.1 Å². The Kier molecular flexibility index (Phi) is 2.40. The molecule has 0 spiro atoms. The molecule has 1 aromatic rings. The van der Waals surface area contributed by atoms with Crippen molar-refractivity contribution in [2.45, 2.75) is 11.8 Å². The van der Waals surface area contributed by atoms with E-state index < -0.39 is 4.87 Å². The highest BCUT2D eigenvalue weighted by Crippen LogP contribution is 2.26. The molecule has 1 rings (SSSR count). The molecule has 0 saturated carbocycles. The molecule has 0 aliphatic carbocycles. The Balaban J connectivity index is 3.01. The van der Waals surface area contributed by atoms with Gasteiger partial charge in [0.15, 0.2) is 0 Å². The number of H-pyrrole nitrogens is 1. The van der Waals surface area contributed by atoms with E-state index in [1.54, 1.807) is 19.2 Å². The molecule has 60 valence electrons. The number of hydrogen-bond donors (Lipinski definition) is 1. The van der Waals surface area contributed by atoms with E-state index in [2.05, 4.69) is 20.9 Å². The van der Waals surface area contributed by atoms with Crippen molar-refractivity contribution in [1.29, 1.82) is 0 Å². The lowest BCUT2D eigenvalue weighted by molar-refractivity contribution is -0.109. The van der Waals surface area contributed by atoms with Gasteiger partial charge in [-0.2, -0.15) is 0 Å². The molecule has 1 N–H and O–H groups in total. The van der Waals surface area contributed by atoms with Crippen LogP contribution in [0, 0.1) is 0 Å². The summed E-state index contributed by atoms with van der Waals surface area (Å²) in [4.78, 5) is 12.4. The van der Waals surface area contributed by atoms with Crippen molar-refractivity contribution in [3.8, 4) is 0 Å². The molecular formula is C7H7BrClNO. The predicted molar refractivity (Wildman–Crippen MR) is 47.8 cm³/mol. The summed E-state index contributed by atoms with van der Waals surface area (Å²) >= 11 is 9.09. The van der Waals surface area contributed by atoms with Crippen LogP contribution in [0.2, 0.25) is 0 Å². The van der Waals surface area contributed by atoms with Crippen LogP contribution < -0.4 is 0 Å². The zero-order valence-corrected chi connectivity index (χ0v) is 8.24. The molecule has 0 aliphatic rings. The van der Waals surface area contributed by atoms with E-state index in [0.717, 1.165) is 4.47 Å². The van der Waals surface area contributed by atoms with Crippen molar-refractivity contribution >= 4 is 33.8 Å². The first-order valence-electron chi connectivity index (χ1n) is 3.06. The number of halogens is 2. The number of aromatic amines is 1. The standard InChI is InChI=1S/C7H7BrClNO/c1-7(9,4-11)6-2-5(8)3-10-6/h2-4,10H,1H3. The molecule has 0 fully saturated rings. The maximum absolute atomic E-state index is 10.5. The number of alkyl halides is 1. The number of aromatic nitrogens is 1. The predicted octanol–water partition coefficient (Wildman–Crippen LogP) is 2.43. The monoisotopic (exact) mass is 235 g/mol. The van der Waals surface area contributed by atoms with Crippen LogP contribution in [0.15, 0.2) is 16.7 Å². The normalized spacial score (nSPS) is 15.9. The molecule has 11 heavy (non-hydrogen) atoms. The van der Waals surface area contributed by atoms with Gasteiger partial charge in [0.1, 0.15) is 11.2 Å². The zero-order valence-electron chi connectivity index (χ0n) is 5.90. The smallest absolute Gasteiger partial charge is 0.146 e. The third-order valence-electron chi connectivity index (χ3n) is 1.40. The molecule has 1 heterocycles. The van der Waals surface area contributed by atoms with Crippen molar-refractivity contribution in [3.05, 3.63) is 22.4 Å². The molecular weight excluding hydrogens is 229 g/mol. The highest BCUT2D eigenvalue weighted by molar-refractivity contribution is 9.10. The summed E-state index contributed by atoms with van der Waals surface area (Å²) in [5.74, 6) is 0. The Morgan fingerprint density at radius 2 is 2.45 bits per heavy atom. The van der Waals surface area contributed by atoms with E-state index in [0.29, 0.717) is 12.0 Å². The number of carbonyl (C=O) groups is 1. The van der Waals surface area contributed by atoms with Crippen molar-refractivity contribution in [2.24, 2.45) is 0 Å². The summed E-state index contributed by atoms with van der Waals surface area (Å²) < 4.78 is 0.890. The summed E-state index contributed by atoms with van der Waals surface area (Å²) in [5.41, 5.74) is 0.695. The number of nitrogens with one attached hydrogen (secondary N) is 1. The van der Waals surface area contributed by atoms with Crippen LogP contribution in [0.5, 0.6) is 0 Å². The van der Waals surface area contributed by atoms with Gasteiger partial charge in [0.2, 0.25) is 0 Å². The van der Waals surface area contributed by atoms with Crippen LogP contribution in [0.4, 0.5) is 0 Å². The van der Waals surface area contributed by atoms with Gasteiger partial charge < -0.3 is 9.78 Å². The van der Waals surface area contributed by atoms with E-state index in [1.807, 2.05) is 0 Å². The average molecular weight is 236 g/mol. The summed E-state index contributed by atoms with van der Waals surface area (Å²) in [7, 11) is 0. The molecule has 0 radical (unpaired) electrons. The number of hydrogen-bond acceptors (Lipinski definition) is 1. The van der Waals surface area contributed by atoms with E-state index in [9.17, 15) is 4.79 Å². The third kappa shape index (κ3) is 1.84. The van der Waals surface area contributed by atoms with Gasteiger partial charge in [0.25, 0.3) is 0 Å². The topological polar surface area (TPSA) is 32.9 Å². The van der Waals surface area contributed by atoms with Gasteiger partial charge >= 0.3 is 0 Å². The minimum absolute atomic E-state index is 0.695. The molecule has 0 aliphatic heterocycles. The Hall–Kier alpha value is -0.280. The summed E-state index contributed by atoms with van der Waals surface area (Å²) in [6.07, 6.45) is 2.44. The average Bonchev–Trinajstić information content (AvgIpc) is 2.36. The number of carbonyl (C=O) groups excluding carboxylic acids is 1. The highest BCUT2D eigenvalue weighted by Gasteiger charge is 2.23. The van der Waals surface area contributed by atoms with Crippen molar-refractivity contribution in [1.82, 2.24) is 4.98 Å². The van der Waals surface area contributed by atoms with Gasteiger partial charge in [0.05, 0.1) is 0 Å².